The van der Waals surface area contributed by atoms with E-state index in [0.717, 1.165) is 0 Å². The molecule has 110 valence electrons. The Balaban J connectivity index is 0.00000147. The standard InChI is InChI=1S/C11H14N4O4.ClH/c16-2-5-9(17)10(18)7(15-5)4-1-12-8-6(4)13-3-14-11(8)19;/h1,3,5-7,9-10,15-18H,2H2,(H,13,14,19);1H/t5-,6?,7+,9-,10+;/m1./s1. The number of amides is 1. The molecule has 3 aliphatic rings. The zero-order valence-electron chi connectivity index (χ0n) is 10.3. The van der Waals surface area contributed by atoms with Crippen LogP contribution in [0.3, 0.4) is 0 Å². The number of aliphatic hydroxyl groups excluding tert-OH is 3. The van der Waals surface area contributed by atoms with Crippen molar-refractivity contribution in [2.75, 3.05) is 6.61 Å². The van der Waals surface area contributed by atoms with Crippen LogP contribution in [-0.2, 0) is 4.79 Å². The van der Waals surface area contributed by atoms with Crippen LogP contribution in [0.1, 0.15) is 0 Å². The first-order valence-corrected chi connectivity index (χ1v) is 5.96. The van der Waals surface area contributed by atoms with Crippen LogP contribution in [0.15, 0.2) is 21.8 Å². The Morgan fingerprint density at radius 3 is 2.70 bits per heavy atom. The van der Waals surface area contributed by atoms with Crippen molar-refractivity contribution in [3.05, 3.63) is 11.8 Å². The van der Waals surface area contributed by atoms with Gasteiger partial charge in [-0.25, -0.2) is 0 Å². The van der Waals surface area contributed by atoms with Gasteiger partial charge in [0.15, 0.2) is 0 Å². The Bertz CT molecular complexity index is 507. The molecular weight excluding hydrogens is 288 g/mol. The smallest absolute Gasteiger partial charge is 0.273 e. The number of carbonyl (C=O) groups is 1. The van der Waals surface area contributed by atoms with Gasteiger partial charge >= 0.3 is 0 Å². The largest absolute Gasteiger partial charge is 0.395 e. The lowest BCUT2D eigenvalue weighted by atomic mass is 9.94. The quantitative estimate of drug-likeness (QED) is 0.380. The van der Waals surface area contributed by atoms with Crippen LogP contribution >= 0.6 is 12.4 Å². The number of rotatable bonds is 2. The van der Waals surface area contributed by atoms with Crippen LogP contribution in [0, 0.1) is 0 Å². The summed E-state index contributed by atoms with van der Waals surface area (Å²) in [4.78, 5) is 19.7. The van der Waals surface area contributed by atoms with Gasteiger partial charge < -0.3 is 26.0 Å². The fourth-order valence-electron chi connectivity index (χ4n) is 2.59. The number of nitrogens with one attached hydrogen (secondary N) is 2. The van der Waals surface area contributed by atoms with Crippen LogP contribution in [-0.4, -0.2) is 70.2 Å². The molecule has 1 unspecified atom stereocenters. The van der Waals surface area contributed by atoms with E-state index in [4.69, 9.17) is 5.11 Å². The van der Waals surface area contributed by atoms with Crippen molar-refractivity contribution < 1.29 is 20.1 Å². The summed E-state index contributed by atoms with van der Waals surface area (Å²) in [5.41, 5.74) is 0.886. The number of carbonyl (C=O) groups excluding carboxylic acids is 1. The SMILES string of the molecule is Cl.O=C1NC=NC2C([C@@H]3N[C@H](CO)[C@@H](O)[C@H]3O)=CN=C12. The Labute approximate surface area is 120 Å². The number of halogens is 1. The van der Waals surface area contributed by atoms with Gasteiger partial charge in [-0.05, 0) is 5.57 Å². The van der Waals surface area contributed by atoms with E-state index in [9.17, 15) is 15.0 Å². The highest BCUT2D eigenvalue weighted by atomic mass is 35.5. The molecule has 3 heterocycles. The van der Waals surface area contributed by atoms with Gasteiger partial charge in [0.25, 0.3) is 5.91 Å². The third kappa shape index (κ3) is 2.15. The number of aliphatic imine (C=N–C) groups is 2. The second kappa shape index (κ2) is 5.58. The number of fused-ring (bicyclic) bond motifs is 1. The molecule has 1 amide bonds. The van der Waals surface area contributed by atoms with Gasteiger partial charge in [-0.1, -0.05) is 0 Å². The van der Waals surface area contributed by atoms with Gasteiger partial charge in [-0.3, -0.25) is 14.8 Å². The summed E-state index contributed by atoms with van der Waals surface area (Å²) < 4.78 is 0. The fraction of sp³-hybridized carbons (Fsp3) is 0.545. The maximum Gasteiger partial charge on any atom is 0.273 e. The molecule has 1 fully saturated rings. The summed E-state index contributed by atoms with van der Waals surface area (Å²) in [7, 11) is 0. The van der Waals surface area contributed by atoms with E-state index in [2.05, 4.69) is 20.6 Å². The predicted molar refractivity (Wildman–Crippen MR) is 73.0 cm³/mol. The van der Waals surface area contributed by atoms with E-state index in [1.165, 1.54) is 12.5 Å². The molecule has 0 aliphatic carbocycles. The molecule has 0 aromatic heterocycles. The summed E-state index contributed by atoms with van der Waals surface area (Å²) in [5.74, 6) is -0.321. The molecule has 0 saturated carbocycles. The molecule has 0 bridgehead atoms. The minimum atomic E-state index is -1.07. The van der Waals surface area contributed by atoms with Crippen molar-refractivity contribution in [1.82, 2.24) is 10.6 Å². The third-order valence-electron chi connectivity index (χ3n) is 3.63. The maximum atomic E-state index is 11.6. The molecule has 3 aliphatic heterocycles. The molecule has 1 saturated heterocycles. The molecule has 8 nitrogen and oxygen atoms in total. The molecule has 3 rings (SSSR count). The number of hydrogen-bond acceptors (Lipinski definition) is 7. The first-order valence-electron chi connectivity index (χ1n) is 5.96. The summed E-state index contributed by atoms with van der Waals surface area (Å²) >= 11 is 0. The number of nitrogens with zero attached hydrogens (tertiary/aromatic N) is 2. The Hall–Kier alpha value is -1.32. The normalized spacial score (nSPS) is 38.8. The number of hydrogen-bond donors (Lipinski definition) is 5. The molecular formula is C11H15ClN4O4. The molecule has 0 radical (unpaired) electrons. The average molecular weight is 303 g/mol. The van der Waals surface area contributed by atoms with Gasteiger partial charge in [0.05, 0.1) is 31.1 Å². The van der Waals surface area contributed by atoms with E-state index < -0.39 is 30.3 Å². The molecule has 20 heavy (non-hydrogen) atoms. The molecule has 0 spiro atoms. The van der Waals surface area contributed by atoms with Gasteiger partial charge in [0, 0.05) is 6.20 Å². The van der Waals surface area contributed by atoms with Gasteiger partial charge in [0.2, 0.25) is 0 Å². The minimum absolute atomic E-state index is 0. The highest BCUT2D eigenvalue weighted by Gasteiger charge is 2.46. The second-order valence-electron chi connectivity index (χ2n) is 4.71. The fourth-order valence-corrected chi connectivity index (χ4v) is 2.59. The average Bonchev–Trinajstić information content (AvgIpc) is 2.94. The molecule has 0 aromatic rings. The molecule has 5 N–H and O–H groups in total. The Morgan fingerprint density at radius 1 is 1.30 bits per heavy atom. The van der Waals surface area contributed by atoms with Gasteiger partial charge in [-0.2, -0.15) is 0 Å². The monoisotopic (exact) mass is 302 g/mol. The van der Waals surface area contributed by atoms with E-state index in [1.54, 1.807) is 0 Å². The van der Waals surface area contributed by atoms with Gasteiger partial charge in [-0.15, -0.1) is 12.4 Å². The lowest BCUT2D eigenvalue weighted by Crippen LogP contribution is -2.46. The van der Waals surface area contributed by atoms with E-state index in [0.29, 0.717) is 5.57 Å². The van der Waals surface area contributed by atoms with Crippen LogP contribution in [0.2, 0.25) is 0 Å². The van der Waals surface area contributed by atoms with E-state index >= 15 is 0 Å². The Morgan fingerprint density at radius 2 is 2.05 bits per heavy atom. The third-order valence-corrected chi connectivity index (χ3v) is 3.63. The topological polar surface area (TPSA) is 127 Å². The van der Waals surface area contributed by atoms with Crippen molar-refractivity contribution in [2.24, 2.45) is 9.98 Å². The lowest BCUT2D eigenvalue weighted by molar-refractivity contribution is -0.113. The van der Waals surface area contributed by atoms with Crippen LogP contribution < -0.4 is 10.6 Å². The maximum absolute atomic E-state index is 11.6. The van der Waals surface area contributed by atoms with Crippen molar-refractivity contribution in [1.29, 1.82) is 0 Å². The zero-order chi connectivity index (χ0) is 13.6. The van der Waals surface area contributed by atoms with Crippen LogP contribution in [0.4, 0.5) is 0 Å². The first kappa shape index (κ1) is 15.1. The van der Waals surface area contributed by atoms with Crippen LogP contribution in [0.25, 0.3) is 0 Å². The summed E-state index contributed by atoms with van der Waals surface area (Å²) in [6, 6.07) is -1.72. The van der Waals surface area contributed by atoms with Gasteiger partial charge in [0.1, 0.15) is 17.9 Å². The first-order chi connectivity index (χ1) is 9.13. The molecule has 9 heteroatoms. The Kier molecular flexibility index (Phi) is 4.21. The molecule has 0 aromatic carbocycles. The number of aliphatic hydroxyl groups is 3. The molecule has 5 atom stereocenters. The summed E-state index contributed by atoms with van der Waals surface area (Å²) in [5, 5.41) is 34.3. The second-order valence-corrected chi connectivity index (χ2v) is 4.71. The van der Waals surface area contributed by atoms with E-state index in [-0.39, 0.29) is 30.6 Å². The minimum Gasteiger partial charge on any atom is -0.395 e. The summed E-state index contributed by atoms with van der Waals surface area (Å²) in [6.45, 7) is -0.288. The van der Waals surface area contributed by atoms with Crippen molar-refractivity contribution in [3.63, 3.8) is 0 Å². The zero-order valence-corrected chi connectivity index (χ0v) is 11.1. The van der Waals surface area contributed by atoms with Crippen molar-refractivity contribution in [2.45, 2.75) is 30.3 Å². The summed E-state index contributed by atoms with van der Waals surface area (Å²) in [6.07, 6.45) is 0.640. The van der Waals surface area contributed by atoms with Crippen molar-refractivity contribution >= 4 is 30.4 Å². The van der Waals surface area contributed by atoms with Crippen LogP contribution in [0.5, 0.6) is 0 Å². The highest BCUT2D eigenvalue weighted by molar-refractivity contribution is 6.45. The lowest BCUT2D eigenvalue weighted by Gasteiger charge is -2.23. The highest BCUT2D eigenvalue weighted by Crippen LogP contribution is 2.28. The van der Waals surface area contributed by atoms with Crippen molar-refractivity contribution in [3.8, 4) is 0 Å². The predicted octanol–water partition coefficient (Wildman–Crippen LogP) is -2.67. The van der Waals surface area contributed by atoms with E-state index in [1.807, 2.05) is 0 Å².